The van der Waals surface area contributed by atoms with Gasteiger partial charge in [-0.3, -0.25) is 14.2 Å². The van der Waals surface area contributed by atoms with Crippen LogP contribution in [0.5, 0.6) is 0 Å². The van der Waals surface area contributed by atoms with E-state index in [1.165, 1.54) is 0 Å². The van der Waals surface area contributed by atoms with Gasteiger partial charge in [-0.05, 0) is 31.4 Å². The quantitative estimate of drug-likeness (QED) is 0.481. The van der Waals surface area contributed by atoms with Crippen LogP contribution >= 0.6 is 11.3 Å². The predicted molar refractivity (Wildman–Crippen MR) is 110 cm³/mol. The Morgan fingerprint density at radius 3 is 2.83 bits per heavy atom. The van der Waals surface area contributed by atoms with Crippen molar-refractivity contribution in [2.75, 3.05) is 6.54 Å². The highest BCUT2D eigenvalue weighted by atomic mass is 32.1. The fraction of sp³-hybridized carbons (Fsp3) is 0.300. The molecular weight excluding hydrogens is 388 g/mol. The first-order valence-corrected chi connectivity index (χ1v) is 10.3. The van der Waals surface area contributed by atoms with Gasteiger partial charge >= 0.3 is 0 Å². The lowest BCUT2D eigenvalue weighted by atomic mass is 10.1. The molecule has 1 amide bonds. The first-order valence-electron chi connectivity index (χ1n) is 9.40. The number of hydrogen-bond donors (Lipinski definition) is 1. The van der Waals surface area contributed by atoms with Crippen LogP contribution in [0.4, 0.5) is 0 Å². The first-order chi connectivity index (χ1) is 14.1. The molecule has 8 nitrogen and oxygen atoms in total. The molecule has 0 atom stereocenters. The summed E-state index contributed by atoms with van der Waals surface area (Å²) in [5, 5.41) is 17.8. The molecule has 4 rings (SSSR count). The monoisotopic (exact) mass is 410 g/mol. The highest BCUT2D eigenvalue weighted by Crippen LogP contribution is 2.34. The molecule has 29 heavy (non-hydrogen) atoms. The summed E-state index contributed by atoms with van der Waals surface area (Å²) >= 11 is 1.64. The van der Waals surface area contributed by atoms with E-state index in [2.05, 4.69) is 26.7 Å². The summed E-state index contributed by atoms with van der Waals surface area (Å²) in [5.74, 6) is 0.685. The van der Waals surface area contributed by atoms with E-state index in [9.17, 15) is 4.79 Å². The van der Waals surface area contributed by atoms with Crippen molar-refractivity contribution in [2.45, 2.75) is 33.4 Å². The maximum absolute atomic E-state index is 12.2. The van der Waals surface area contributed by atoms with Gasteiger partial charge in [0, 0.05) is 31.8 Å². The Hall–Kier alpha value is -3.20. The molecule has 1 N–H and O–H groups in total. The summed E-state index contributed by atoms with van der Waals surface area (Å²) in [6.45, 7) is 5.44. The van der Waals surface area contributed by atoms with E-state index in [1.54, 1.807) is 22.2 Å². The second kappa shape index (κ2) is 8.44. The van der Waals surface area contributed by atoms with Crippen molar-refractivity contribution in [3.05, 3.63) is 53.4 Å². The zero-order chi connectivity index (χ0) is 20.2. The number of hydrogen-bond acceptors (Lipinski definition) is 6. The lowest BCUT2D eigenvalue weighted by Crippen LogP contribution is -2.28. The maximum atomic E-state index is 12.2. The number of aromatic nitrogens is 5. The summed E-state index contributed by atoms with van der Waals surface area (Å²) < 4.78 is 9.12. The smallest absolute Gasteiger partial charge is 0.221 e. The number of carbonyl (C=O) groups is 1. The lowest BCUT2D eigenvalue weighted by molar-refractivity contribution is -0.121. The number of carbonyl (C=O) groups excluding carboxylic acids is 1. The van der Waals surface area contributed by atoms with Crippen molar-refractivity contribution in [3.63, 3.8) is 0 Å². The molecule has 4 heterocycles. The zero-order valence-electron chi connectivity index (χ0n) is 16.3. The number of rotatable bonds is 8. The van der Waals surface area contributed by atoms with Crippen LogP contribution in [0.15, 0.2) is 46.6 Å². The van der Waals surface area contributed by atoms with Crippen molar-refractivity contribution in [3.8, 4) is 21.9 Å². The minimum Gasteiger partial charge on any atom is -0.356 e. The third kappa shape index (κ3) is 4.45. The van der Waals surface area contributed by atoms with E-state index in [1.807, 2.05) is 48.3 Å². The van der Waals surface area contributed by atoms with Crippen molar-refractivity contribution in [1.82, 2.24) is 30.0 Å². The van der Waals surface area contributed by atoms with Crippen LogP contribution in [0.2, 0.25) is 0 Å². The molecule has 0 fully saturated rings. The molecule has 4 aromatic heterocycles. The van der Waals surface area contributed by atoms with E-state index in [0.717, 1.165) is 27.5 Å². The van der Waals surface area contributed by atoms with Crippen LogP contribution in [0.1, 0.15) is 17.8 Å². The molecule has 0 aliphatic heterocycles. The summed E-state index contributed by atoms with van der Waals surface area (Å²) in [7, 11) is 0. The normalized spacial score (nSPS) is 11.1. The van der Waals surface area contributed by atoms with Crippen LogP contribution in [0.3, 0.4) is 0 Å². The molecule has 0 aliphatic rings. The second-order valence-electron chi connectivity index (χ2n) is 6.76. The Labute approximate surface area is 172 Å². The van der Waals surface area contributed by atoms with Gasteiger partial charge in [-0.1, -0.05) is 11.2 Å². The Balaban J connectivity index is 1.41. The van der Waals surface area contributed by atoms with Crippen LogP contribution in [-0.4, -0.2) is 37.2 Å². The van der Waals surface area contributed by atoms with E-state index in [-0.39, 0.29) is 5.91 Å². The van der Waals surface area contributed by atoms with Gasteiger partial charge in [0.05, 0.1) is 40.3 Å². The summed E-state index contributed by atoms with van der Waals surface area (Å²) in [6.07, 6.45) is 4.06. The summed E-state index contributed by atoms with van der Waals surface area (Å²) in [4.78, 5) is 13.2. The van der Waals surface area contributed by atoms with Crippen LogP contribution < -0.4 is 5.32 Å². The summed E-state index contributed by atoms with van der Waals surface area (Å²) in [6, 6.07) is 7.88. The third-order valence-electron chi connectivity index (χ3n) is 4.48. The zero-order valence-corrected chi connectivity index (χ0v) is 17.1. The number of amides is 1. The fourth-order valence-electron chi connectivity index (χ4n) is 3.09. The number of nitrogens with zero attached hydrogens (tertiary/aromatic N) is 5. The molecule has 0 saturated heterocycles. The second-order valence-corrected chi connectivity index (χ2v) is 7.71. The largest absolute Gasteiger partial charge is 0.356 e. The van der Waals surface area contributed by atoms with Gasteiger partial charge in [0.2, 0.25) is 5.91 Å². The van der Waals surface area contributed by atoms with Crippen molar-refractivity contribution >= 4 is 17.2 Å². The standard InChI is InChI=1S/C20H22N6O2S/c1-14-5-8-25(23-14)9-6-19(27)21-7-10-26-20(18-4-3-11-29-18)16(13-22-26)17-12-15(2)24-28-17/h3-5,8,11-13H,6-7,9-10H2,1-2H3,(H,21,27). The Morgan fingerprint density at radius 1 is 1.24 bits per heavy atom. The van der Waals surface area contributed by atoms with E-state index >= 15 is 0 Å². The fourth-order valence-corrected chi connectivity index (χ4v) is 3.88. The van der Waals surface area contributed by atoms with Gasteiger partial charge in [0.1, 0.15) is 0 Å². The van der Waals surface area contributed by atoms with Crippen LogP contribution in [0, 0.1) is 13.8 Å². The molecule has 0 radical (unpaired) electrons. The molecule has 0 unspecified atom stereocenters. The summed E-state index contributed by atoms with van der Waals surface area (Å²) in [5.41, 5.74) is 3.64. The van der Waals surface area contributed by atoms with E-state index in [4.69, 9.17) is 4.52 Å². The van der Waals surface area contributed by atoms with Gasteiger partial charge in [0.25, 0.3) is 0 Å². The number of thiophene rings is 1. The average molecular weight is 411 g/mol. The molecule has 0 bridgehead atoms. The lowest BCUT2D eigenvalue weighted by Gasteiger charge is -2.09. The molecular formula is C20H22N6O2S. The van der Waals surface area contributed by atoms with Crippen molar-refractivity contribution in [2.24, 2.45) is 0 Å². The van der Waals surface area contributed by atoms with Gasteiger partial charge in [-0.2, -0.15) is 10.2 Å². The first kappa shape index (κ1) is 19.1. The van der Waals surface area contributed by atoms with Crippen molar-refractivity contribution < 1.29 is 9.32 Å². The number of nitrogens with one attached hydrogen (secondary N) is 1. The van der Waals surface area contributed by atoms with Gasteiger partial charge in [-0.25, -0.2) is 0 Å². The highest BCUT2D eigenvalue weighted by molar-refractivity contribution is 7.13. The Morgan fingerprint density at radius 2 is 2.14 bits per heavy atom. The van der Waals surface area contributed by atoms with Gasteiger partial charge in [0.15, 0.2) is 5.76 Å². The minimum absolute atomic E-state index is 0.00549. The van der Waals surface area contributed by atoms with Crippen LogP contribution in [-0.2, 0) is 17.9 Å². The molecule has 4 aromatic rings. The van der Waals surface area contributed by atoms with E-state index in [0.29, 0.717) is 31.8 Å². The van der Waals surface area contributed by atoms with Gasteiger partial charge < -0.3 is 9.84 Å². The minimum atomic E-state index is -0.00549. The maximum Gasteiger partial charge on any atom is 0.221 e. The predicted octanol–water partition coefficient (Wildman–Crippen LogP) is 3.29. The average Bonchev–Trinajstić information content (AvgIpc) is 3.47. The molecule has 9 heteroatoms. The third-order valence-corrected chi connectivity index (χ3v) is 5.35. The Bertz CT molecular complexity index is 1090. The van der Waals surface area contributed by atoms with Crippen LogP contribution in [0.25, 0.3) is 21.9 Å². The van der Waals surface area contributed by atoms with Crippen molar-refractivity contribution in [1.29, 1.82) is 0 Å². The molecule has 150 valence electrons. The Kier molecular flexibility index (Phi) is 5.57. The molecule has 0 aromatic carbocycles. The molecule has 0 saturated carbocycles. The highest BCUT2D eigenvalue weighted by Gasteiger charge is 2.18. The SMILES string of the molecule is Cc1cc(-c2cnn(CCNC(=O)CCn3ccc(C)n3)c2-c2cccs2)on1. The van der Waals surface area contributed by atoms with Gasteiger partial charge in [-0.15, -0.1) is 11.3 Å². The number of aryl methyl sites for hydroxylation is 3. The topological polar surface area (TPSA) is 90.8 Å². The molecule has 0 spiro atoms. The molecule has 0 aliphatic carbocycles. The van der Waals surface area contributed by atoms with E-state index < -0.39 is 0 Å².